The number of hydrogen-bond acceptors (Lipinski definition) is 4. The van der Waals surface area contributed by atoms with Crippen molar-refractivity contribution in [2.45, 2.75) is 44.7 Å². The number of ether oxygens (including phenoxy) is 1. The quantitative estimate of drug-likeness (QED) is 0.668. The summed E-state index contributed by atoms with van der Waals surface area (Å²) in [6.07, 6.45) is 4.58. The molecule has 2 atom stereocenters. The van der Waals surface area contributed by atoms with Crippen molar-refractivity contribution in [2.75, 3.05) is 32.8 Å². The Morgan fingerprint density at radius 3 is 2.18 bits per heavy atom. The Bertz CT molecular complexity index is 891. The Hall–Kier alpha value is -2.86. The normalized spacial score (nSPS) is 19.1. The van der Waals surface area contributed by atoms with Gasteiger partial charge in [-0.1, -0.05) is 61.4 Å². The van der Waals surface area contributed by atoms with Crippen molar-refractivity contribution in [3.63, 3.8) is 0 Å². The lowest BCUT2D eigenvalue weighted by molar-refractivity contribution is -0.137. The van der Waals surface area contributed by atoms with Crippen LogP contribution in [-0.2, 0) is 9.59 Å². The first-order valence-electron chi connectivity index (χ1n) is 12.2. The zero-order valence-corrected chi connectivity index (χ0v) is 19.5. The van der Waals surface area contributed by atoms with E-state index in [0.29, 0.717) is 37.8 Å². The first-order chi connectivity index (χ1) is 16.1. The van der Waals surface area contributed by atoms with Crippen molar-refractivity contribution in [1.29, 1.82) is 0 Å². The maximum Gasteiger partial charge on any atom is 0.260 e. The van der Waals surface area contributed by atoms with E-state index in [4.69, 9.17) is 4.74 Å². The van der Waals surface area contributed by atoms with E-state index in [0.717, 1.165) is 18.4 Å². The first kappa shape index (κ1) is 23.3. The van der Waals surface area contributed by atoms with Crippen molar-refractivity contribution in [1.82, 2.24) is 15.1 Å². The zero-order chi connectivity index (χ0) is 23.0. The number of benzene rings is 2. The van der Waals surface area contributed by atoms with Gasteiger partial charge >= 0.3 is 0 Å². The second-order valence-corrected chi connectivity index (χ2v) is 9.15. The number of hydrogen-bond donors (Lipinski definition) is 1. The van der Waals surface area contributed by atoms with Crippen LogP contribution in [0.1, 0.15) is 44.2 Å². The van der Waals surface area contributed by atoms with Crippen LogP contribution < -0.4 is 10.1 Å². The number of rotatable bonds is 8. The number of carbonyl (C=O) groups excluding carboxylic acids is 2. The minimum atomic E-state index is -0.128. The predicted octanol–water partition coefficient (Wildman–Crippen LogP) is 3.65. The van der Waals surface area contributed by atoms with Gasteiger partial charge in [-0.25, -0.2) is 0 Å². The molecule has 2 fully saturated rings. The van der Waals surface area contributed by atoms with E-state index < -0.39 is 0 Å². The summed E-state index contributed by atoms with van der Waals surface area (Å²) in [5.41, 5.74) is 1.12. The van der Waals surface area contributed by atoms with E-state index in [1.807, 2.05) is 60.4 Å². The van der Waals surface area contributed by atoms with Gasteiger partial charge < -0.3 is 15.0 Å². The molecule has 33 heavy (non-hydrogen) atoms. The molecule has 0 bridgehead atoms. The largest absolute Gasteiger partial charge is 0.484 e. The molecule has 0 radical (unpaired) electrons. The smallest absolute Gasteiger partial charge is 0.260 e. The summed E-state index contributed by atoms with van der Waals surface area (Å²) in [6.45, 7) is 4.77. The molecule has 0 spiro atoms. The van der Waals surface area contributed by atoms with Crippen LogP contribution in [-0.4, -0.2) is 60.4 Å². The lowest BCUT2D eigenvalue weighted by Crippen LogP contribution is -2.58. The highest BCUT2D eigenvalue weighted by Gasteiger charge is 2.37. The number of carbonyl (C=O) groups is 2. The van der Waals surface area contributed by atoms with E-state index in [2.05, 4.69) is 22.3 Å². The molecule has 1 saturated heterocycles. The molecular weight excluding hydrogens is 414 g/mol. The van der Waals surface area contributed by atoms with Crippen LogP contribution in [0.15, 0.2) is 60.7 Å². The molecule has 4 rings (SSSR count). The highest BCUT2D eigenvalue weighted by atomic mass is 16.5. The number of nitrogens with one attached hydrogen (secondary N) is 1. The molecule has 1 heterocycles. The summed E-state index contributed by atoms with van der Waals surface area (Å²) in [6, 6.07) is 19.4. The molecule has 2 amide bonds. The van der Waals surface area contributed by atoms with E-state index >= 15 is 0 Å². The fraction of sp³-hybridized carbons (Fsp3) is 0.481. The molecule has 6 nitrogen and oxygen atoms in total. The molecule has 1 saturated carbocycles. The highest BCUT2D eigenvalue weighted by molar-refractivity contribution is 5.83. The Morgan fingerprint density at radius 2 is 1.55 bits per heavy atom. The molecule has 0 aromatic heterocycles. The molecule has 2 unspecified atom stereocenters. The van der Waals surface area contributed by atoms with Crippen LogP contribution in [0.3, 0.4) is 0 Å². The van der Waals surface area contributed by atoms with E-state index in [1.165, 1.54) is 12.8 Å². The van der Waals surface area contributed by atoms with Crippen molar-refractivity contribution in [3.8, 4) is 5.75 Å². The topological polar surface area (TPSA) is 61.9 Å². The molecule has 1 aliphatic heterocycles. The standard InChI is InChI=1S/C27H35N3O3/c1-21(22-10-4-2-5-11-22)28-27(32)26(23-12-8-9-13-23)30-18-16-29(17-19-30)25(31)20-33-24-14-6-3-7-15-24/h2-7,10-11,14-15,21,23,26H,8-9,12-13,16-20H2,1H3,(H,28,32). The lowest BCUT2D eigenvalue weighted by atomic mass is 9.94. The predicted molar refractivity (Wildman–Crippen MR) is 129 cm³/mol. The molecule has 6 heteroatoms. The Morgan fingerprint density at radius 1 is 0.939 bits per heavy atom. The van der Waals surface area contributed by atoms with Crippen LogP contribution in [0, 0.1) is 5.92 Å². The monoisotopic (exact) mass is 449 g/mol. The van der Waals surface area contributed by atoms with Gasteiger partial charge in [0.2, 0.25) is 5.91 Å². The molecule has 1 aliphatic carbocycles. The highest BCUT2D eigenvalue weighted by Crippen LogP contribution is 2.31. The number of amides is 2. The zero-order valence-electron chi connectivity index (χ0n) is 19.5. The summed E-state index contributed by atoms with van der Waals surface area (Å²) in [4.78, 5) is 30.2. The number of nitrogens with zero attached hydrogens (tertiary/aromatic N) is 2. The maximum absolute atomic E-state index is 13.4. The van der Waals surface area contributed by atoms with Gasteiger partial charge in [0.1, 0.15) is 5.75 Å². The Balaban J connectivity index is 1.33. The summed E-state index contributed by atoms with van der Waals surface area (Å²) >= 11 is 0. The third kappa shape index (κ3) is 6.14. The Labute approximate surface area is 196 Å². The van der Waals surface area contributed by atoms with Crippen LogP contribution in [0.4, 0.5) is 0 Å². The van der Waals surface area contributed by atoms with Crippen molar-refractivity contribution < 1.29 is 14.3 Å². The second-order valence-electron chi connectivity index (χ2n) is 9.15. The third-order valence-electron chi connectivity index (χ3n) is 6.94. The van der Waals surface area contributed by atoms with Gasteiger partial charge in [0.15, 0.2) is 6.61 Å². The average molecular weight is 450 g/mol. The molecule has 2 aliphatic rings. The average Bonchev–Trinajstić information content (AvgIpc) is 3.38. The molecule has 2 aromatic rings. The van der Waals surface area contributed by atoms with Gasteiger partial charge in [0.25, 0.3) is 5.91 Å². The maximum atomic E-state index is 13.4. The Kier molecular flexibility index (Phi) is 8.00. The SMILES string of the molecule is CC(NC(=O)C(C1CCCC1)N1CCN(C(=O)COc2ccccc2)CC1)c1ccccc1. The van der Waals surface area contributed by atoms with Crippen LogP contribution in [0.25, 0.3) is 0 Å². The van der Waals surface area contributed by atoms with Crippen molar-refractivity contribution in [3.05, 3.63) is 66.2 Å². The van der Waals surface area contributed by atoms with Crippen LogP contribution >= 0.6 is 0 Å². The molecule has 1 N–H and O–H groups in total. The second kappa shape index (κ2) is 11.3. The first-order valence-corrected chi connectivity index (χ1v) is 12.2. The van der Waals surface area contributed by atoms with E-state index in [9.17, 15) is 9.59 Å². The lowest BCUT2D eigenvalue weighted by Gasteiger charge is -2.41. The summed E-state index contributed by atoms with van der Waals surface area (Å²) in [7, 11) is 0. The fourth-order valence-electron chi connectivity index (χ4n) is 5.08. The van der Waals surface area contributed by atoms with Gasteiger partial charge in [-0.15, -0.1) is 0 Å². The third-order valence-corrected chi connectivity index (χ3v) is 6.94. The van der Waals surface area contributed by atoms with Gasteiger partial charge in [-0.3, -0.25) is 14.5 Å². The van der Waals surface area contributed by atoms with Gasteiger partial charge in [0, 0.05) is 26.2 Å². The number of para-hydroxylation sites is 1. The number of piperazine rings is 1. The fourth-order valence-corrected chi connectivity index (χ4v) is 5.08. The van der Waals surface area contributed by atoms with Gasteiger partial charge in [-0.05, 0) is 43.4 Å². The molecule has 2 aromatic carbocycles. The summed E-state index contributed by atoms with van der Waals surface area (Å²) < 4.78 is 5.63. The molecule has 176 valence electrons. The minimum Gasteiger partial charge on any atom is -0.484 e. The van der Waals surface area contributed by atoms with Crippen LogP contribution in [0.2, 0.25) is 0 Å². The van der Waals surface area contributed by atoms with E-state index in [1.54, 1.807) is 0 Å². The summed E-state index contributed by atoms with van der Waals surface area (Å²) in [5.74, 6) is 1.20. The van der Waals surface area contributed by atoms with Crippen LogP contribution in [0.5, 0.6) is 5.75 Å². The summed E-state index contributed by atoms with van der Waals surface area (Å²) in [5, 5.41) is 3.26. The van der Waals surface area contributed by atoms with E-state index in [-0.39, 0.29) is 30.5 Å². The van der Waals surface area contributed by atoms with Gasteiger partial charge in [0.05, 0.1) is 12.1 Å². The van der Waals surface area contributed by atoms with Crippen molar-refractivity contribution >= 4 is 11.8 Å². The minimum absolute atomic E-state index is 0.00179. The van der Waals surface area contributed by atoms with Gasteiger partial charge in [-0.2, -0.15) is 0 Å². The van der Waals surface area contributed by atoms with Crippen molar-refractivity contribution in [2.24, 2.45) is 5.92 Å². The molecular formula is C27H35N3O3.